The van der Waals surface area contributed by atoms with E-state index in [4.69, 9.17) is 5.26 Å². The Bertz CT molecular complexity index is 708. The van der Waals surface area contributed by atoms with E-state index in [2.05, 4.69) is 0 Å². The number of rotatable bonds is 3. The van der Waals surface area contributed by atoms with Crippen LogP contribution in [0.5, 0.6) is 0 Å². The maximum atomic E-state index is 12.4. The van der Waals surface area contributed by atoms with Crippen molar-refractivity contribution in [3.8, 4) is 6.07 Å². The van der Waals surface area contributed by atoms with Crippen molar-refractivity contribution < 1.29 is 8.42 Å². The minimum atomic E-state index is -3.50. The Hall–Kier alpha value is -2.12. The topological polar surface area (TPSA) is 57.9 Å². The average molecular weight is 271 g/mol. The van der Waals surface area contributed by atoms with Crippen LogP contribution in [0.1, 0.15) is 18.1 Å². The van der Waals surface area contributed by atoms with E-state index in [9.17, 15) is 8.42 Å². The molecule has 96 valence electrons. The largest absolute Gasteiger partial charge is 0.219 e. The van der Waals surface area contributed by atoms with Crippen molar-refractivity contribution >= 4 is 9.84 Å². The Labute approximate surface area is 113 Å². The molecule has 0 atom stereocenters. The maximum Gasteiger partial charge on any atom is 0.206 e. The van der Waals surface area contributed by atoms with Gasteiger partial charge in [-0.25, -0.2) is 8.42 Å². The van der Waals surface area contributed by atoms with E-state index >= 15 is 0 Å². The SMILES string of the molecule is CCc1ccc(S(=O)(=O)c2ccc(C#N)cc2)cc1. The first-order valence-electron chi connectivity index (χ1n) is 5.92. The number of benzene rings is 2. The maximum absolute atomic E-state index is 12.4. The Morgan fingerprint density at radius 2 is 1.42 bits per heavy atom. The Morgan fingerprint density at radius 3 is 1.84 bits per heavy atom. The monoisotopic (exact) mass is 271 g/mol. The molecule has 0 amide bonds. The van der Waals surface area contributed by atoms with Crippen LogP contribution in [0.4, 0.5) is 0 Å². The van der Waals surface area contributed by atoms with Crippen molar-refractivity contribution in [2.45, 2.75) is 23.1 Å². The van der Waals surface area contributed by atoms with Crippen LogP contribution in [0.25, 0.3) is 0 Å². The smallest absolute Gasteiger partial charge is 0.206 e. The number of nitriles is 1. The molecular formula is C15H13NO2S. The summed E-state index contributed by atoms with van der Waals surface area (Å²) in [7, 11) is -3.50. The highest BCUT2D eigenvalue weighted by molar-refractivity contribution is 7.91. The molecule has 0 aliphatic heterocycles. The average Bonchev–Trinajstić information content (AvgIpc) is 2.47. The van der Waals surface area contributed by atoms with Crippen LogP contribution in [0.15, 0.2) is 58.3 Å². The molecule has 2 aromatic rings. The Balaban J connectivity index is 2.43. The summed E-state index contributed by atoms with van der Waals surface area (Å²) in [4.78, 5) is 0.477. The molecule has 0 aliphatic rings. The number of aryl methyl sites for hydroxylation is 1. The second-order valence-corrected chi connectivity index (χ2v) is 6.09. The molecule has 3 nitrogen and oxygen atoms in total. The first kappa shape index (κ1) is 13.3. The number of nitrogens with zero attached hydrogens (tertiary/aromatic N) is 1. The minimum absolute atomic E-state index is 0.204. The van der Waals surface area contributed by atoms with Gasteiger partial charge in [0.15, 0.2) is 0 Å². The fourth-order valence-corrected chi connectivity index (χ4v) is 3.01. The lowest BCUT2D eigenvalue weighted by Gasteiger charge is -2.05. The minimum Gasteiger partial charge on any atom is -0.219 e. The second kappa shape index (κ2) is 5.25. The zero-order valence-corrected chi connectivity index (χ0v) is 11.3. The third-order valence-corrected chi connectivity index (χ3v) is 4.72. The Morgan fingerprint density at radius 1 is 0.947 bits per heavy atom. The van der Waals surface area contributed by atoms with E-state index in [0.717, 1.165) is 12.0 Å². The van der Waals surface area contributed by atoms with Crippen molar-refractivity contribution in [1.82, 2.24) is 0 Å². The molecule has 19 heavy (non-hydrogen) atoms. The van der Waals surface area contributed by atoms with E-state index < -0.39 is 9.84 Å². The van der Waals surface area contributed by atoms with Gasteiger partial charge in [0.05, 0.1) is 21.4 Å². The molecule has 2 aromatic carbocycles. The fourth-order valence-electron chi connectivity index (χ4n) is 1.75. The predicted octanol–water partition coefficient (Wildman–Crippen LogP) is 2.95. The second-order valence-electron chi connectivity index (χ2n) is 4.14. The van der Waals surface area contributed by atoms with Gasteiger partial charge in [0.1, 0.15) is 0 Å². The van der Waals surface area contributed by atoms with Gasteiger partial charge in [-0.3, -0.25) is 0 Å². The van der Waals surface area contributed by atoms with E-state index in [1.165, 1.54) is 24.3 Å². The van der Waals surface area contributed by atoms with E-state index in [1.54, 1.807) is 12.1 Å². The molecule has 0 bridgehead atoms. The third kappa shape index (κ3) is 2.67. The summed E-state index contributed by atoms with van der Waals surface area (Å²) in [6, 6.07) is 14.8. The molecule has 0 unspecified atom stereocenters. The molecule has 0 radical (unpaired) electrons. The van der Waals surface area contributed by atoms with Crippen LogP contribution in [-0.2, 0) is 16.3 Å². The quantitative estimate of drug-likeness (QED) is 0.862. The van der Waals surface area contributed by atoms with Crippen molar-refractivity contribution in [1.29, 1.82) is 5.26 Å². The summed E-state index contributed by atoms with van der Waals surface area (Å²) < 4.78 is 24.7. The zero-order valence-electron chi connectivity index (χ0n) is 10.5. The van der Waals surface area contributed by atoms with Gasteiger partial charge in [0, 0.05) is 0 Å². The lowest BCUT2D eigenvalue weighted by molar-refractivity contribution is 0.596. The zero-order chi connectivity index (χ0) is 13.9. The molecule has 0 N–H and O–H groups in total. The van der Waals surface area contributed by atoms with Gasteiger partial charge in [-0.15, -0.1) is 0 Å². The molecule has 0 spiro atoms. The normalized spacial score (nSPS) is 10.9. The van der Waals surface area contributed by atoms with Crippen LogP contribution in [0.2, 0.25) is 0 Å². The highest BCUT2D eigenvalue weighted by Crippen LogP contribution is 2.21. The van der Waals surface area contributed by atoms with Gasteiger partial charge in [-0.05, 0) is 48.4 Å². The van der Waals surface area contributed by atoms with E-state index in [0.29, 0.717) is 5.56 Å². The highest BCUT2D eigenvalue weighted by Gasteiger charge is 2.17. The number of sulfone groups is 1. The molecule has 2 rings (SSSR count). The lowest BCUT2D eigenvalue weighted by atomic mass is 10.2. The molecule has 0 aromatic heterocycles. The number of hydrogen-bond acceptors (Lipinski definition) is 3. The van der Waals surface area contributed by atoms with Crippen LogP contribution in [0, 0.1) is 11.3 Å². The van der Waals surface area contributed by atoms with Crippen LogP contribution in [0.3, 0.4) is 0 Å². The fraction of sp³-hybridized carbons (Fsp3) is 0.133. The molecular weight excluding hydrogens is 258 g/mol. The highest BCUT2D eigenvalue weighted by atomic mass is 32.2. The van der Waals surface area contributed by atoms with Crippen LogP contribution < -0.4 is 0 Å². The van der Waals surface area contributed by atoms with Crippen molar-refractivity contribution in [3.05, 3.63) is 59.7 Å². The van der Waals surface area contributed by atoms with Gasteiger partial charge >= 0.3 is 0 Å². The predicted molar refractivity (Wildman–Crippen MR) is 72.4 cm³/mol. The molecule has 0 heterocycles. The van der Waals surface area contributed by atoms with Gasteiger partial charge in [0.2, 0.25) is 9.84 Å². The van der Waals surface area contributed by atoms with Crippen LogP contribution in [-0.4, -0.2) is 8.42 Å². The van der Waals surface area contributed by atoms with Crippen molar-refractivity contribution in [2.24, 2.45) is 0 Å². The van der Waals surface area contributed by atoms with E-state index in [-0.39, 0.29) is 9.79 Å². The number of hydrogen-bond donors (Lipinski definition) is 0. The van der Waals surface area contributed by atoms with E-state index in [1.807, 2.05) is 25.1 Å². The summed E-state index contributed by atoms with van der Waals surface area (Å²) in [6.45, 7) is 2.02. The van der Waals surface area contributed by atoms with Gasteiger partial charge in [-0.2, -0.15) is 5.26 Å². The lowest BCUT2D eigenvalue weighted by Crippen LogP contribution is -2.02. The first-order valence-corrected chi connectivity index (χ1v) is 7.40. The summed E-state index contributed by atoms with van der Waals surface area (Å²) in [6.07, 6.45) is 0.872. The van der Waals surface area contributed by atoms with Crippen molar-refractivity contribution in [3.63, 3.8) is 0 Å². The summed E-state index contributed by atoms with van der Waals surface area (Å²) in [5.74, 6) is 0. The molecule has 0 fully saturated rings. The Kier molecular flexibility index (Phi) is 3.68. The summed E-state index contributed by atoms with van der Waals surface area (Å²) >= 11 is 0. The molecule has 0 aliphatic carbocycles. The van der Waals surface area contributed by atoms with Crippen LogP contribution >= 0.6 is 0 Å². The first-order chi connectivity index (χ1) is 9.07. The van der Waals surface area contributed by atoms with Gasteiger partial charge in [-0.1, -0.05) is 19.1 Å². The summed E-state index contributed by atoms with van der Waals surface area (Å²) in [5.41, 5.74) is 1.54. The third-order valence-electron chi connectivity index (χ3n) is 2.94. The molecule has 0 saturated carbocycles. The summed E-state index contributed by atoms with van der Waals surface area (Å²) in [5, 5.41) is 8.71. The van der Waals surface area contributed by atoms with Gasteiger partial charge < -0.3 is 0 Å². The van der Waals surface area contributed by atoms with Gasteiger partial charge in [0.25, 0.3) is 0 Å². The molecule has 4 heteroatoms. The standard InChI is InChI=1S/C15H13NO2S/c1-2-12-3-7-14(8-4-12)19(17,18)15-9-5-13(11-16)6-10-15/h3-10H,2H2,1H3. The molecule has 0 saturated heterocycles. The van der Waals surface area contributed by atoms with Crippen molar-refractivity contribution in [2.75, 3.05) is 0 Å².